The molecule has 0 radical (unpaired) electrons. The number of aliphatic carboxylic acids is 1. The maximum Gasteiger partial charge on any atom is 0.326 e. The molecule has 6 nitrogen and oxygen atoms in total. The van der Waals surface area contributed by atoms with Gasteiger partial charge in [0.05, 0.1) is 6.26 Å². The molecule has 106 valence electrons. The van der Waals surface area contributed by atoms with Crippen molar-refractivity contribution < 1.29 is 19.1 Å². The van der Waals surface area contributed by atoms with Crippen LogP contribution in [0, 0.1) is 5.41 Å². The fourth-order valence-corrected chi connectivity index (χ4v) is 1.58. The third-order valence-corrected chi connectivity index (χ3v) is 2.63. The number of carboxylic acids is 1. The Morgan fingerprint density at radius 1 is 1.42 bits per heavy atom. The average Bonchev–Trinajstić information content (AvgIpc) is 2.77. The number of carbonyl (C=O) groups excluding carboxylic acids is 1. The highest BCUT2D eigenvalue weighted by Crippen LogP contribution is 2.19. The molecule has 19 heavy (non-hydrogen) atoms. The fourth-order valence-electron chi connectivity index (χ4n) is 1.58. The lowest BCUT2D eigenvalue weighted by atomic mass is 9.87. The van der Waals surface area contributed by atoms with Crippen LogP contribution in [0.25, 0.3) is 0 Å². The number of hydrogen-bond donors (Lipinski definition) is 3. The molecule has 1 heterocycles. The standard InChI is InChI=1S/C13H20N2O4/c1-13(2,3)10(11(16)17)15-12(18)14-7-6-9-5-4-8-19-9/h4-5,8,10H,6-7H2,1-3H3,(H,16,17)(H2,14,15,18)/t10-/m1/s1. The van der Waals surface area contributed by atoms with Crippen LogP contribution in [0.15, 0.2) is 22.8 Å². The summed E-state index contributed by atoms with van der Waals surface area (Å²) in [5, 5.41) is 14.1. The van der Waals surface area contributed by atoms with Gasteiger partial charge in [0.2, 0.25) is 0 Å². The first-order valence-corrected chi connectivity index (χ1v) is 6.10. The summed E-state index contributed by atoms with van der Waals surface area (Å²) in [6.07, 6.45) is 2.13. The van der Waals surface area contributed by atoms with Crippen molar-refractivity contribution in [2.75, 3.05) is 6.54 Å². The highest BCUT2D eigenvalue weighted by Gasteiger charge is 2.32. The number of carboxylic acid groups (broad SMARTS) is 1. The summed E-state index contributed by atoms with van der Waals surface area (Å²) in [6, 6.07) is 2.16. The predicted molar refractivity (Wildman–Crippen MR) is 69.8 cm³/mol. The second kappa shape index (κ2) is 6.26. The molecule has 0 aromatic carbocycles. The zero-order valence-corrected chi connectivity index (χ0v) is 11.4. The molecule has 0 aliphatic carbocycles. The van der Waals surface area contributed by atoms with Crippen LogP contribution in [0.1, 0.15) is 26.5 Å². The topological polar surface area (TPSA) is 91.6 Å². The Morgan fingerprint density at radius 3 is 2.58 bits per heavy atom. The third kappa shape index (κ3) is 5.03. The van der Waals surface area contributed by atoms with Crippen LogP contribution in [0.3, 0.4) is 0 Å². The molecule has 3 N–H and O–H groups in total. The van der Waals surface area contributed by atoms with Gasteiger partial charge in [0, 0.05) is 13.0 Å². The van der Waals surface area contributed by atoms with Crippen molar-refractivity contribution in [2.45, 2.75) is 33.2 Å². The largest absolute Gasteiger partial charge is 0.480 e. The van der Waals surface area contributed by atoms with E-state index in [1.165, 1.54) is 0 Å². The molecule has 0 aliphatic rings. The molecular formula is C13H20N2O4. The smallest absolute Gasteiger partial charge is 0.326 e. The number of nitrogens with one attached hydrogen (secondary N) is 2. The van der Waals surface area contributed by atoms with Crippen molar-refractivity contribution in [2.24, 2.45) is 5.41 Å². The van der Waals surface area contributed by atoms with Crippen LogP contribution in [0.4, 0.5) is 4.79 Å². The Morgan fingerprint density at radius 2 is 2.11 bits per heavy atom. The van der Waals surface area contributed by atoms with Crippen LogP contribution in [0.2, 0.25) is 0 Å². The van der Waals surface area contributed by atoms with Gasteiger partial charge >= 0.3 is 12.0 Å². The van der Waals surface area contributed by atoms with Gasteiger partial charge in [0.25, 0.3) is 0 Å². The molecule has 1 aromatic rings. The summed E-state index contributed by atoms with van der Waals surface area (Å²) in [5.41, 5.74) is -0.551. The molecule has 0 saturated carbocycles. The second-order valence-corrected chi connectivity index (χ2v) is 5.37. The normalized spacial score (nSPS) is 12.8. The summed E-state index contributed by atoms with van der Waals surface area (Å²) >= 11 is 0. The first-order valence-electron chi connectivity index (χ1n) is 6.10. The number of hydrogen-bond acceptors (Lipinski definition) is 3. The minimum absolute atomic E-state index is 0.385. The molecule has 6 heteroatoms. The first kappa shape index (κ1) is 15.1. The van der Waals surface area contributed by atoms with E-state index < -0.39 is 23.5 Å². The van der Waals surface area contributed by atoms with Gasteiger partial charge in [-0.1, -0.05) is 20.8 Å². The van der Waals surface area contributed by atoms with Crippen LogP contribution in [-0.2, 0) is 11.2 Å². The lowest BCUT2D eigenvalue weighted by molar-refractivity contribution is -0.141. The number of rotatable bonds is 5. The third-order valence-electron chi connectivity index (χ3n) is 2.63. The van der Waals surface area contributed by atoms with E-state index in [-0.39, 0.29) is 0 Å². The molecule has 0 aliphatic heterocycles. The van der Waals surface area contributed by atoms with E-state index in [9.17, 15) is 9.59 Å². The van der Waals surface area contributed by atoms with E-state index in [1.54, 1.807) is 33.1 Å². The summed E-state index contributed by atoms with van der Waals surface area (Å²) in [7, 11) is 0. The van der Waals surface area contributed by atoms with Gasteiger partial charge in [0.15, 0.2) is 0 Å². The molecule has 0 spiro atoms. The van der Waals surface area contributed by atoms with Crippen molar-refractivity contribution in [3.63, 3.8) is 0 Å². The quantitative estimate of drug-likeness (QED) is 0.756. The molecule has 1 aromatic heterocycles. The van der Waals surface area contributed by atoms with E-state index in [0.717, 1.165) is 5.76 Å². The summed E-state index contributed by atoms with van der Waals surface area (Å²) < 4.78 is 5.12. The van der Waals surface area contributed by atoms with Gasteiger partial charge < -0.3 is 20.2 Å². The molecule has 1 atom stereocenters. The SMILES string of the molecule is CC(C)(C)[C@H](NC(=O)NCCc1ccco1)C(=O)O. The monoisotopic (exact) mass is 268 g/mol. The Hall–Kier alpha value is -1.98. The number of furan rings is 1. The number of carbonyl (C=O) groups is 2. The second-order valence-electron chi connectivity index (χ2n) is 5.37. The van der Waals surface area contributed by atoms with Crippen LogP contribution in [0.5, 0.6) is 0 Å². The predicted octanol–water partition coefficient (Wildman–Crippen LogP) is 1.62. The van der Waals surface area contributed by atoms with Crippen LogP contribution < -0.4 is 10.6 Å². The zero-order chi connectivity index (χ0) is 14.5. The highest BCUT2D eigenvalue weighted by molar-refractivity contribution is 5.83. The molecule has 0 fully saturated rings. The summed E-state index contributed by atoms with van der Waals surface area (Å²) in [5.74, 6) is -0.278. The molecule has 0 bridgehead atoms. The van der Waals surface area contributed by atoms with E-state index in [1.807, 2.05) is 6.07 Å². The van der Waals surface area contributed by atoms with Gasteiger partial charge in [-0.25, -0.2) is 9.59 Å². The minimum Gasteiger partial charge on any atom is -0.480 e. The molecule has 0 saturated heterocycles. The highest BCUT2D eigenvalue weighted by atomic mass is 16.4. The Kier molecular flexibility index (Phi) is 4.97. The van der Waals surface area contributed by atoms with Gasteiger partial charge in [-0.15, -0.1) is 0 Å². The van der Waals surface area contributed by atoms with E-state index >= 15 is 0 Å². The lowest BCUT2D eigenvalue weighted by Crippen LogP contribution is -2.52. The Bertz CT molecular complexity index is 420. The molecular weight excluding hydrogens is 248 g/mol. The van der Waals surface area contributed by atoms with Crippen molar-refractivity contribution in [3.8, 4) is 0 Å². The van der Waals surface area contributed by atoms with E-state index in [0.29, 0.717) is 13.0 Å². The van der Waals surface area contributed by atoms with Crippen molar-refractivity contribution in [1.82, 2.24) is 10.6 Å². The van der Waals surface area contributed by atoms with Gasteiger partial charge in [-0.3, -0.25) is 0 Å². The van der Waals surface area contributed by atoms with E-state index in [2.05, 4.69) is 10.6 Å². The fraction of sp³-hybridized carbons (Fsp3) is 0.538. The number of amides is 2. The zero-order valence-electron chi connectivity index (χ0n) is 11.4. The Balaban J connectivity index is 2.39. The van der Waals surface area contributed by atoms with Crippen molar-refractivity contribution in [1.29, 1.82) is 0 Å². The van der Waals surface area contributed by atoms with Gasteiger partial charge in [-0.05, 0) is 17.5 Å². The maximum absolute atomic E-state index is 11.6. The Labute approximate surface area is 112 Å². The maximum atomic E-state index is 11.6. The van der Waals surface area contributed by atoms with Crippen molar-refractivity contribution >= 4 is 12.0 Å². The molecule has 1 rings (SSSR count). The minimum atomic E-state index is -1.05. The average molecular weight is 268 g/mol. The van der Waals surface area contributed by atoms with Crippen molar-refractivity contribution in [3.05, 3.63) is 24.2 Å². The first-order chi connectivity index (χ1) is 8.80. The summed E-state index contributed by atoms with van der Waals surface area (Å²) in [6.45, 7) is 5.66. The van der Waals surface area contributed by atoms with E-state index in [4.69, 9.17) is 9.52 Å². The molecule has 2 amide bonds. The molecule has 0 unspecified atom stereocenters. The van der Waals surface area contributed by atoms with Crippen LogP contribution in [-0.4, -0.2) is 29.7 Å². The van der Waals surface area contributed by atoms with Crippen LogP contribution >= 0.6 is 0 Å². The summed E-state index contributed by atoms with van der Waals surface area (Å²) in [4.78, 5) is 22.7. The number of urea groups is 1. The van der Waals surface area contributed by atoms with Gasteiger partial charge in [0.1, 0.15) is 11.8 Å². The lowest BCUT2D eigenvalue weighted by Gasteiger charge is -2.27. The van der Waals surface area contributed by atoms with Gasteiger partial charge in [-0.2, -0.15) is 0 Å².